The molecule has 1 amide bonds. The van der Waals surface area contributed by atoms with Crippen molar-refractivity contribution in [2.24, 2.45) is 11.1 Å². The molecule has 0 spiro atoms. The number of hydrogen-bond acceptors (Lipinski definition) is 2. The van der Waals surface area contributed by atoms with Crippen LogP contribution >= 0.6 is 0 Å². The van der Waals surface area contributed by atoms with Gasteiger partial charge in [0, 0.05) is 6.54 Å². The second-order valence-electron chi connectivity index (χ2n) is 4.21. The molecule has 0 radical (unpaired) electrons. The molecule has 3 N–H and O–H groups in total. The number of carbonyl (C=O) groups excluding carboxylic acids is 1. The smallest absolute Gasteiger partial charge is 0.236 e. The molecule has 1 fully saturated rings. The first kappa shape index (κ1) is 10.5. The summed E-state index contributed by atoms with van der Waals surface area (Å²) in [4.78, 5) is 11.2. The Morgan fingerprint density at radius 3 is 2.54 bits per heavy atom. The van der Waals surface area contributed by atoms with E-state index in [4.69, 9.17) is 5.73 Å². The average Bonchev–Trinajstić information content (AvgIpc) is 2.02. The topological polar surface area (TPSA) is 55.1 Å². The molecule has 3 nitrogen and oxygen atoms in total. The van der Waals surface area contributed by atoms with Gasteiger partial charge in [-0.15, -0.1) is 0 Å². The summed E-state index contributed by atoms with van der Waals surface area (Å²) in [5.74, 6) is -0.0280. The van der Waals surface area contributed by atoms with Gasteiger partial charge in [0.1, 0.15) is 0 Å². The van der Waals surface area contributed by atoms with Gasteiger partial charge in [-0.2, -0.15) is 0 Å². The summed E-state index contributed by atoms with van der Waals surface area (Å²) in [7, 11) is 0. The van der Waals surface area contributed by atoms with E-state index in [1.165, 1.54) is 19.3 Å². The van der Waals surface area contributed by atoms with Gasteiger partial charge in [-0.05, 0) is 31.6 Å². The van der Waals surface area contributed by atoms with E-state index in [1.54, 1.807) is 6.92 Å². The predicted molar refractivity (Wildman–Crippen MR) is 53.2 cm³/mol. The highest BCUT2D eigenvalue weighted by atomic mass is 16.2. The summed E-state index contributed by atoms with van der Waals surface area (Å²) < 4.78 is 0. The molecule has 1 saturated carbocycles. The first-order chi connectivity index (χ1) is 6.09. The van der Waals surface area contributed by atoms with Gasteiger partial charge in [0.15, 0.2) is 0 Å². The Hall–Kier alpha value is -0.570. The van der Waals surface area contributed by atoms with E-state index in [-0.39, 0.29) is 11.9 Å². The van der Waals surface area contributed by atoms with Crippen LogP contribution in [0, 0.1) is 5.41 Å². The van der Waals surface area contributed by atoms with Gasteiger partial charge in [0.05, 0.1) is 6.04 Å². The van der Waals surface area contributed by atoms with Gasteiger partial charge >= 0.3 is 0 Å². The van der Waals surface area contributed by atoms with Crippen molar-refractivity contribution < 1.29 is 4.79 Å². The summed E-state index contributed by atoms with van der Waals surface area (Å²) in [5, 5.41) is 2.91. The van der Waals surface area contributed by atoms with Crippen LogP contribution in [0.4, 0.5) is 0 Å². The van der Waals surface area contributed by atoms with Crippen LogP contribution in [0.3, 0.4) is 0 Å². The predicted octanol–water partition coefficient (Wildman–Crippen LogP) is 1.03. The van der Waals surface area contributed by atoms with E-state index >= 15 is 0 Å². The monoisotopic (exact) mass is 184 g/mol. The zero-order valence-electron chi connectivity index (χ0n) is 8.60. The molecule has 0 aromatic rings. The minimum absolute atomic E-state index is 0.0280. The van der Waals surface area contributed by atoms with Gasteiger partial charge < -0.3 is 11.1 Å². The molecular formula is C10H20N2O. The fourth-order valence-corrected chi connectivity index (χ4v) is 1.77. The first-order valence-corrected chi connectivity index (χ1v) is 5.13. The number of amides is 1. The van der Waals surface area contributed by atoms with Crippen molar-refractivity contribution in [2.45, 2.75) is 45.6 Å². The molecule has 0 aromatic carbocycles. The lowest BCUT2D eigenvalue weighted by molar-refractivity contribution is -0.122. The molecule has 0 aromatic heterocycles. The van der Waals surface area contributed by atoms with E-state index in [2.05, 4.69) is 12.2 Å². The van der Waals surface area contributed by atoms with Crippen LogP contribution in [0.25, 0.3) is 0 Å². The largest absolute Gasteiger partial charge is 0.354 e. The fraction of sp³-hybridized carbons (Fsp3) is 0.900. The molecule has 0 heterocycles. The Balaban J connectivity index is 2.28. The van der Waals surface area contributed by atoms with Gasteiger partial charge in [0.2, 0.25) is 5.91 Å². The highest BCUT2D eigenvalue weighted by Gasteiger charge is 2.35. The van der Waals surface area contributed by atoms with E-state index in [1.807, 2.05) is 0 Å². The van der Waals surface area contributed by atoms with Crippen molar-refractivity contribution in [3.05, 3.63) is 0 Å². The summed E-state index contributed by atoms with van der Waals surface area (Å²) in [6.07, 6.45) is 4.97. The number of carbonyl (C=O) groups is 1. The molecular weight excluding hydrogens is 164 g/mol. The standard InChI is InChI=1S/C10H20N2O/c1-3-10(5-4-6-10)7-12-9(13)8(2)11/h8H,3-7,11H2,1-2H3,(H,12,13)/t8-/m0/s1. The molecule has 1 rings (SSSR count). The normalized spacial score (nSPS) is 21.8. The second-order valence-corrected chi connectivity index (χ2v) is 4.21. The highest BCUT2D eigenvalue weighted by molar-refractivity contribution is 5.80. The zero-order chi connectivity index (χ0) is 9.90. The summed E-state index contributed by atoms with van der Waals surface area (Å²) in [5.41, 5.74) is 5.85. The van der Waals surface area contributed by atoms with Crippen molar-refractivity contribution in [1.29, 1.82) is 0 Å². The summed E-state index contributed by atoms with van der Waals surface area (Å²) in [6, 6.07) is -0.381. The lowest BCUT2D eigenvalue weighted by Crippen LogP contribution is -2.46. The second kappa shape index (κ2) is 4.09. The molecule has 3 heteroatoms. The third kappa shape index (κ3) is 2.44. The van der Waals surface area contributed by atoms with E-state index in [9.17, 15) is 4.79 Å². The fourth-order valence-electron chi connectivity index (χ4n) is 1.77. The molecule has 13 heavy (non-hydrogen) atoms. The van der Waals surface area contributed by atoms with Crippen LogP contribution in [-0.2, 0) is 4.79 Å². The van der Waals surface area contributed by atoms with E-state index < -0.39 is 0 Å². The summed E-state index contributed by atoms with van der Waals surface area (Å²) in [6.45, 7) is 4.72. The minimum Gasteiger partial charge on any atom is -0.354 e. The minimum atomic E-state index is -0.381. The SMILES string of the molecule is CCC1(CNC(=O)[C@H](C)N)CCC1. The number of rotatable bonds is 4. The Morgan fingerprint density at radius 1 is 1.62 bits per heavy atom. The van der Waals surface area contributed by atoms with Crippen LogP contribution in [0.2, 0.25) is 0 Å². The van der Waals surface area contributed by atoms with Crippen molar-refractivity contribution >= 4 is 5.91 Å². The molecule has 0 saturated heterocycles. The van der Waals surface area contributed by atoms with Crippen molar-refractivity contribution in [2.75, 3.05) is 6.54 Å². The Labute approximate surface area is 80.1 Å². The molecule has 0 bridgehead atoms. The molecule has 1 aliphatic carbocycles. The van der Waals surface area contributed by atoms with Gasteiger partial charge in [-0.1, -0.05) is 13.3 Å². The Bertz CT molecular complexity index is 180. The van der Waals surface area contributed by atoms with Gasteiger partial charge in [0.25, 0.3) is 0 Å². The van der Waals surface area contributed by atoms with Crippen molar-refractivity contribution in [3.8, 4) is 0 Å². The van der Waals surface area contributed by atoms with Crippen molar-refractivity contribution in [1.82, 2.24) is 5.32 Å². The number of nitrogens with one attached hydrogen (secondary N) is 1. The number of nitrogens with two attached hydrogens (primary N) is 1. The van der Waals surface area contributed by atoms with Crippen LogP contribution in [0.1, 0.15) is 39.5 Å². The summed E-state index contributed by atoms with van der Waals surface area (Å²) >= 11 is 0. The van der Waals surface area contributed by atoms with Crippen LogP contribution in [-0.4, -0.2) is 18.5 Å². The molecule has 1 atom stereocenters. The van der Waals surface area contributed by atoms with Gasteiger partial charge in [-0.3, -0.25) is 4.79 Å². The van der Waals surface area contributed by atoms with Crippen LogP contribution in [0.5, 0.6) is 0 Å². The molecule has 0 unspecified atom stereocenters. The lowest BCUT2D eigenvalue weighted by atomic mass is 9.67. The van der Waals surface area contributed by atoms with Crippen LogP contribution in [0.15, 0.2) is 0 Å². The Kier molecular flexibility index (Phi) is 3.31. The Morgan fingerprint density at radius 2 is 2.23 bits per heavy atom. The third-order valence-electron chi connectivity index (χ3n) is 3.22. The zero-order valence-corrected chi connectivity index (χ0v) is 8.60. The maximum Gasteiger partial charge on any atom is 0.236 e. The van der Waals surface area contributed by atoms with E-state index in [0.717, 1.165) is 13.0 Å². The van der Waals surface area contributed by atoms with Crippen molar-refractivity contribution in [3.63, 3.8) is 0 Å². The molecule has 76 valence electrons. The van der Waals surface area contributed by atoms with Gasteiger partial charge in [-0.25, -0.2) is 0 Å². The molecule has 1 aliphatic rings. The average molecular weight is 184 g/mol. The van der Waals surface area contributed by atoms with E-state index in [0.29, 0.717) is 5.41 Å². The third-order valence-corrected chi connectivity index (χ3v) is 3.22. The maximum absolute atomic E-state index is 11.2. The lowest BCUT2D eigenvalue weighted by Gasteiger charge is -2.41. The van der Waals surface area contributed by atoms with Crippen LogP contribution < -0.4 is 11.1 Å². The number of hydrogen-bond donors (Lipinski definition) is 2. The first-order valence-electron chi connectivity index (χ1n) is 5.13. The maximum atomic E-state index is 11.2. The quantitative estimate of drug-likeness (QED) is 0.685. The highest BCUT2D eigenvalue weighted by Crippen LogP contribution is 2.42. The molecule has 0 aliphatic heterocycles.